The highest BCUT2D eigenvalue weighted by Gasteiger charge is 2.42. The number of rotatable bonds is 6. The van der Waals surface area contributed by atoms with E-state index in [9.17, 15) is 22.8 Å². The highest BCUT2D eigenvalue weighted by Crippen LogP contribution is 2.37. The predicted octanol–water partition coefficient (Wildman–Crippen LogP) is 3.31. The second-order valence-electron chi connectivity index (χ2n) is 10.1. The van der Waals surface area contributed by atoms with Crippen molar-refractivity contribution in [3.05, 3.63) is 75.8 Å². The molecule has 2 saturated heterocycles. The van der Waals surface area contributed by atoms with Gasteiger partial charge >= 0.3 is 6.18 Å². The van der Waals surface area contributed by atoms with Crippen molar-refractivity contribution in [2.24, 2.45) is 5.92 Å². The first-order valence-electron chi connectivity index (χ1n) is 13.2. The van der Waals surface area contributed by atoms with Crippen LogP contribution in [0.3, 0.4) is 0 Å². The number of anilines is 2. The maximum atomic E-state index is 13.7. The van der Waals surface area contributed by atoms with Crippen LogP contribution in [0.4, 0.5) is 24.7 Å². The van der Waals surface area contributed by atoms with Gasteiger partial charge in [0.2, 0.25) is 0 Å². The lowest BCUT2D eigenvalue weighted by Crippen LogP contribution is -2.49. The predicted molar refractivity (Wildman–Crippen MR) is 144 cm³/mol. The van der Waals surface area contributed by atoms with E-state index < -0.39 is 23.3 Å². The van der Waals surface area contributed by atoms with Crippen molar-refractivity contribution >= 4 is 17.4 Å². The molecule has 0 radical (unpaired) electrons. The molecule has 214 valence electrons. The average Bonchev–Trinajstić information content (AvgIpc) is 3.35. The standard InChI is InChI=1S/C28H28F3N7O3/c1-18-7-8-38(22-16-34-35-26(39)25(22)28(29,30)31)23(18)17-41-21-4-2-3-20(13-21)27(40)37-11-9-36(10-12-37)24-6-5-19(14-32)15-33-24/h2-6,13,15-16,18,23H,7-12,17H2,1H3,(H,35,39). The summed E-state index contributed by atoms with van der Waals surface area (Å²) in [5, 5.41) is 14.4. The van der Waals surface area contributed by atoms with E-state index in [4.69, 9.17) is 10.00 Å². The summed E-state index contributed by atoms with van der Waals surface area (Å²) in [6.45, 7) is 4.48. The Morgan fingerprint density at radius 1 is 1.15 bits per heavy atom. The fourth-order valence-corrected chi connectivity index (χ4v) is 5.30. The van der Waals surface area contributed by atoms with Crippen molar-refractivity contribution in [2.75, 3.05) is 49.1 Å². The highest BCUT2D eigenvalue weighted by molar-refractivity contribution is 5.94. The number of pyridine rings is 1. The molecule has 2 aliphatic heterocycles. The van der Waals surface area contributed by atoms with Gasteiger partial charge < -0.3 is 19.4 Å². The molecule has 0 spiro atoms. The molecule has 2 unspecified atom stereocenters. The summed E-state index contributed by atoms with van der Waals surface area (Å²) in [7, 11) is 0. The Hall–Kier alpha value is -4.60. The number of nitriles is 1. The molecule has 1 aromatic carbocycles. The fraction of sp³-hybridized carbons (Fsp3) is 0.393. The Morgan fingerprint density at radius 3 is 2.61 bits per heavy atom. The lowest BCUT2D eigenvalue weighted by Gasteiger charge is -2.35. The summed E-state index contributed by atoms with van der Waals surface area (Å²) in [6, 6.07) is 11.9. The van der Waals surface area contributed by atoms with Crippen molar-refractivity contribution in [1.82, 2.24) is 20.1 Å². The molecule has 0 aliphatic carbocycles. The van der Waals surface area contributed by atoms with Gasteiger partial charge in [-0.3, -0.25) is 9.59 Å². The van der Waals surface area contributed by atoms with Gasteiger partial charge in [0.15, 0.2) is 0 Å². The van der Waals surface area contributed by atoms with Gasteiger partial charge in [-0.25, -0.2) is 10.1 Å². The third kappa shape index (κ3) is 5.96. The van der Waals surface area contributed by atoms with Gasteiger partial charge in [-0.2, -0.15) is 23.5 Å². The van der Waals surface area contributed by atoms with E-state index in [0.29, 0.717) is 56.0 Å². The maximum absolute atomic E-state index is 13.7. The summed E-state index contributed by atoms with van der Waals surface area (Å²) in [4.78, 5) is 34.9. The van der Waals surface area contributed by atoms with Crippen LogP contribution < -0.4 is 20.1 Å². The molecular formula is C28H28F3N7O3. The number of alkyl halides is 3. The Morgan fingerprint density at radius 2 is 1.93 bits per heavy atom. The zero-order valence-corrected chi connectivity index (χ0v) is 22.3. The molecule has 3 aromatic rings. The van der Waals surface area contributed by atoms with Crippen molar-refractivity contribution in [2.45, 2.75) is 25.6 Å². The number of benzene rings is 1. The van der Waals surface area contributed by atoms with E-state index in [1.165, 1.54) is 11.1 Å². The maximum Gasteiger partial charge on any atom is 0.423 e. The third-order valence-corrected chi connectivity index (χ3v) is 7.58. The van der Waals surface area contributed by atoms with Crippen LogP contribution in [-0.2, 0) is 6.18 Å². The number of aromatic amines is 1. The molecule has 2 aliphatic rings. The summed E-state index contributed by atoms with van der Waals surface area (Å²) < 4.78 is 47.1. The van der Waals surface area contributed by atoms with E-state index in [0.717, 1.165) is 12.0 Å². The molecule has 5 rings (SSSR count). The van der Waals surface area contributed by atoms with Crippen LogP contribution in [0, 0.1) is 17.2 Å². The zero-order chi connectivity index (χ0) is 29.1. The highest BCUT2D eigenvalue weighted by atomic mass is 19.4. The number of piperazine rings is 1. The number of ether oxygens (including phenoxy) is 1. The number of amides is 1. The quantitative estimate of drug-likeness (QED) is 0.482. The van der Waals surface area contributed by atoms with Gasteiger partial charge in [-0.1, -0.05) is 13.0 Å². The van der Waals surface area contributed by atoms with Crippen LogP contribution in [0.2, 0.25) is 0 Å². The summed E-state index contributed by atoms with van der Waals surface area (Å²) >= 11 is 0. The number of carbonyl (C=O) groups is 1. The first-order chi connectivity index (χ1) is 19.7. The Balaban J connectivity index is 1.23. The minimum atomic E-state index is -4.83. The van der Waals surface area contributed by atoms with Crippen LogP contribution in [0.5, 0.6) is 5.75 Å². The number of nitrogens with zero attached hydrogens (tertiary/aromatic N) is 6. The molecule has 41 heavy (non-hydrogen) atoms. The van der Waals surface area contributed by atoms with Gasteiger partial charge in [-0.05, 0) is 42.7 Å². The third-order valence-electron chi connectivity index (χ3n) is 7.58. The molecule has 1 amide bonds. The summed E-state index contributed by atoms with van der Waals surface area (Å²) in [6.07, 6.45) is -1.65. The smallest absolute Gasteiger partial charge is 0.423 e. The number of aromatic nitrogens is 3. The Bertz CT molecular complexity index is 1500. The molecule has 4 heterocycles. The zero-order valence-electron chi connectivity index (χ0n) is 22.3. The molecule has 13 heteroatoms. The van der Waals surface area contributed by atoms with Crippen LogP contribution in [-0.4, -0.2) is 71.4 Å². The molecule has 2 aromatic heterocycles. The Kier molecular flexibility index (Phi) is 7.83. The van der Waals surface area contributed by atoms with Crippen LogP contribution >= 0.6 is 0 Å². The lowest BCUT2D eigenvalue weighted by atomic mass is 10.0. The summed E-state index contributed by atoms with van der Waals surface area (Å²) in [5.74, 6) is 1.03. The molecular weight excluding hydrogens is 539 g/mol. The van der Waals surface area contributed by atoms with Crippen molar-refractivity contribution in [3.63, 3.8) is 0 Å². The molecule has 0 bridgehead atoms. The van der Waals surface area contributed by atoms with Crippen molar-refractivity contribution in [3.8, 4) is 11.8 Å². The van der Waals surface area contributed by atoms with E-state index >= 15 is 0 Å². The second-order valence-corrected chi connectivity index (χ2v) is 10.1. The van der Waals surface area contributed by atoms with Gasteiger partial charge in [0.05, 0.1) is 23.5 Å². The monoisotopic (exact) mass is 567 g/mol. The van der Waals surface area contributed by atoms with Crippen LogP contribution in [0.25, 0.3) is 0 Å². The number of H-pyrrole nitrogens is 1. The van der Waals surface area contributed by atoms with E-state index in [1.54, 1.807) is 41.3 Å². The normalized spacial score (nSPS) is 19.2. The van der Waals surface area contributed by atoms with Crippen molar-refractivity contribution < 1.29 is 22.7 Å². The summed E-state index contributed by atoms with van der Waals surface area (Å²) in [5.41, 5.74) is -1.89. The van der Waals surface area contributed by atoms with E-state index in [1.807, 2.05) is 18.1 Å². The van der Waals surface area contributed by atoms with Gasteiger partial charge in [0, 0.05) is 44.5 Å². The van der Waals surface area contributed by atoms with E-state index in [2.05, 4.69) is 15.0 Å². The molecule has 10 nitrogen and oxygen atoms in total. The average molecular weight is 568 g/mol. The number of hydrogen-bond donors (Lipinski definition) is 1. The van der Waals surface area contributed by atoms with Crippen LogP contribution in [0.1, 0.15) is 34.8 Å². The largest absolute Gasteiger partial charge is 0.491 e. The van der Waals surface area contributed by atoms with Gasteiger partial charge in [0.25, 0.3) is 11.5 Å². The minimum Gasteiger partial charge on any atom is -0.491 e. The molecule has 2 atom stereocenters. The molecule has 0 saturated carbocycles. The Labute approximate surface area is 234 Å². The fourth-order valence-electron chi connectivity index (χ4n) is 5.30. The number of hydrogen-bond acceptors (Lipinski definition) is 8. The van der Waals surface area contributed by atoms with E-state index in [-0.39, 0.29) is 24.1 Å². The SMILES string of the molecule is CC1CCN(c2cn[nH]c(=O)c2C(F)(F)F)C1COc1cccc(C(=O)N2CCN(c3ccc(C#N)cn3)CC2)c1. The topological polar surface area (TPSA) is 118 Å². The number of carbonyl (C=O) groups excluding carboxylic acids is 1. The first-order valence-corrected chi connectivity index (χ1v) is 13.2. The first kappa shape index (κ1) is 27.9. The van der Waals surface area contributed by atoms with Gasteiger partial charge in [-0.15, -0.1) is 0 Å². The van der Waals surface area contributed by atoms with Gasteiger partial charge in [0.1, 0.15) is 29.8 Å². The lowest BCUT2D eigenvalue weighted by molar-refractivity contribution is -0.138. The molecule has 1 N–H and O–H groups in total. The number of halogens is 3. The van der Waals surface area contributed by atoms with Crippen LogP contribution in [0.15, 0.2) is 53.6 Å². The minimum absolute atomic E-state index is 0.00192. The molecule has 2 fully saturated rings. The van der Waals surface area contributed by atoms with Crippen molar-refractivity contribution in [1.29, 1.82) is 5.26 Å². The second kappa shape index (κ2) is 11.5. The number of nitrogens with one attached hydrogen (secondary N) is 1.